The summed E-state index contributed by atoms with van der Waals surface area (Å²) in [6, 6.07) is 13.3. The van der Waals surface area contributed by atoms with Crippen LogP contribution in [0.4, 0.5) is 0 Å². The minimum Gasteiger partial charge on any atom is -0.481 e. The maximum absolute atomic E-state index is 13.3. The van der Waals surface area contributed by atoms with Gasteiger partial charge in [0.25, 0.3) is 5.91 Å². The molecule has 7 heteroatoms. The van der Waals surface area contributed by atoms with Crippen molar-refractivity contribution in [2.75, 3.05) is 13.1 Å². The Hall–Kier alpha value is -3.35. The molecule has 1 aromatic carbocycles. The van der Waals surface area contributed by atoms with Crippen LogP contribution in [-0.2, 0) is 4.79 Å². The number of amides is 1. The number of carboxylic acids is 1. The average Bonchev–Trinajstić information content (AvgIpc) is 3.35. The van der Waals surface area contributed by atoms with E-state index in [1.807, 2.05) is 49.4 Å². The SMILES string of the molecule is Cc1ccc(-c2nn(-c3ccccc3)cc2C(=O)N2CCC(CC(=O)O)CC2)o1. The van der Waals surface area contributed by atoms with E-state index in [1.165, 1.54) is 0 Å². The Balaban J connectivity index is 1.63. The number of piperidine rings is 1. The fourth-order valence-corrected chi connectivity index (χ4v) is 3.74. The number of benzene rings is 1. The van der Waals surface area contributed by atoms with E-state index < -0.39 is 5.97 Å². The monoisotopic (exact) mass is 393 g/mol. The molecule has 1 fully saturated rings. The first-order valence-electron chi connectivity index (χ1n) is 9.74. The summed E-state index contributed by atoms with van der Waals surface area (Å²) in [6.45, 7) is 2.94. The van der Waals surface area contributed by atoms with Crippen LogP contribution >= 0.6 is 0 Å². The van der Waals surface area contributed by atoms with Crippen LogP contribution in [0.5, 0.6) is 0 Å². The molecule has 1 saturated heterocycles. The van der Waals surface area contributed by atoms with Crippen LogP contribution in [0, 0.1) is 12.8 Å². The van der Waals surface area contributed by atoms with Crippen molar-refractivity contribution in [3.63, 3.8) is 0 Å². The first-order valence-corrected chi connectivity index (χ1v) is 9.74. The molecule has 2 aromatic heterocycles. The second-order valence-corrected chi connectivity index (χ2v) is 7.42. The number of furan rings is 1. The van der Waals surface area contributed by atoms with Crippen molar-refractivity contribution in [3.8, 4) is 17.1 Å². The number of carbonyl (C=O) groups excluding carboxylic acids is 1. The van der Waals surface area contributed by atoms with Gasteiger partial charge in [-0.2, -0.15) is 5.10 Å². The maximum Gasteiger partial charge on any atom is 0.303 e. The predicted octanol–water partition coefficient (Wildman–Crippen LogP) is 3.77. The van der Waals surface area contributed by atoms with E-state index >= 15 is 0 Å². The molecule has 0 spiro atoms. The molecule has 1 N–H and O–H groups in total. The number of para-hydroxylation sites is 1. The van der Waals surface area contributed by atoms with Crippen LogP contribution in [0.15, 0.2) is 53.1 Å². The average molecular weight is 393 g/mol. The molecular weight excluding hydrogens is 370 g/mol. The highest BCUT2D eigenvalue weighted by Crippen LogP contribution is 2.28. The van der Waals surface area contributed by atoms with Crippen LogP contribution < -0.4 is 0 Å². The number of aryl methyl sites for hydroxylation is 1. The summed E-state index contributed by atoms with van der Waals surface area (Å²) in [5, 5.41) is 13.6. The van der Waals surface area contributed by atoms with E-state index in [1.54, 1.807) is 15.8 Å². The predicted molar refractivity (Wildman–Crippen MR) is 107 cm³/mol. The summed E-state index contributed by atoms with van der Waals surface area (Å²) in [4.78, 5) is 26.0. The van der Waals surface area contributed by atoms with Crippen LogP contribution in [0.3, 0.4) is 0 Å². The van der Waals surface area contributed by atoms with Crippen molar-refractivity contribution in [2.45, 2.75) is 26.2 Å². The summed E-state index contributed by atoms with van der Waals surface area (Å²) in [7, 11) is 0. The zero-order valence-electron chi connectivity index (χ0n) is 16.2. The second kappa shape index (κ2) is 7.95. The van der Waals surface area contributed by atoms with Crippen molar-refractivity contribution in [1.29, 1.82) is 0 Å². The van der Waals surface area contributed by atoms with Gasteiger partial charge in [0.05, 0.1) is 11.3 Å². The van der Waals surface area contributed by atoms with Gasteiger partial charge in [-0.1, -0.05) is 18.2 Å². The van der Waals surface area contributed by atoms with Gasteiger partial charge in [0.2, 0.25) is 0 Å². The molecule has 0 radical (unpaired) electrons. The van der Waals surface area contributed by atoms with Gasteiger partial charge >= 0.3 is 5.97 Å². The van der Waals surface area contributed by atoms with Gasteiger partial charge in [0, 0.05) is 25.7 Å². The molecule has 1 amide bonds. The number of aromatic nitrogens is 2. The van der Waals surface area contributed by atoms with E-state index in [4.69, 9.17) is 9.52 Å². The Kier molecular flexibility index (Phi) is 5.20. The zero-order valence-corrected chi connectivity index (χ0v) is 16.2. The van der Waals surface area contributed by atoms with E-state index in [2.05, 4.69) is 5.10 Å². The lowest BCUT2D eigenvalue weighted by Crippen LogP contribution is -2.39. The van der Waals surface area contributed by atoms with Crippen LogP contribution in [0.1, 0.15) is 35.4 Å². The molecule has 0 atom stereocenters. The van der Waals surface area contributed by atoms with Gasteiger partial charge in [0.1, 0.15) is 11.5 Å². The van der Waals surface area contributed by atoms with Gasteiger partial charge in [-0.25, -0.2) is 4.68 Å². The molecular formula is C22H23N3O4. The van der Waals surface area contributed by atoms with Crippen LogP contribution in [0.25, 0.3) is 17.1 Å². The third-order valence-corrected chi connectivity index (χ3v) is 5.30. The van der Waals surface area contributed by atoms with Gasteiger partial charge in [-0.05, 0) is 49.9 Å². The highest BCUT2D eigenvalue weighted by Gasteiger charge is 2.29. The third kappa shape index (κ3) is 4.08. The number of carbonyl (C=O) groups is 2. The normalized spacial score (nSPS) is 14.9. The summed E-state index contributed by atoms with van der Waals surface area (Å²) in [6.07, 6.45) is 3.29. The third-order valence-electron chi connectivity index (χ3n) is 5.30. The Bertz CT molecular complexity index is 1010. The molecule has 7 nitrogen and oxygen atoms in total. The lowest BCUT2D eigenvalue weighted by atomic mass is 9.93. The smallest absolute Gasteiger partial charge is 0.303 e. The molecule has 0 unspecified atom stereocenters. The molecule has 150 valence electrons. The highest BCUT2D eigenvalue weighted by atomic mass is 16.4. The van der Waals surface area contributed by atoms with Crippen LogP contribution in [0.2, 0.25) is 0 Å². The Labute approximate surface area is 168 Å². The van der Waals surface area contributed by atoms with E-state index in [9.17, 15) is 9.59 Å². The van der Waals surface area contributed by atoms with Gasteiger partial charge in [-0.15, -0.1) is 0 Å². The van der Waals surface area contributed by atoms with Gasteiger partial charge < -0.3 is 14.4 Å². The lowest BCUT2D eigenvalue weighted by molar-refractivity contribution is -0.138. The number of rotatable bonds is 5. The van der Waals surface area contributed by atoms with Crippen molar-refractivity contribution in [1.82, 2.24) is 14.7 Å². The highest BCUT2D eigenvalue weighted by molar-refractivity contribution is 5.99. The number of nitrogens with zero attached hydrogens (tertiary/aromatic N) is 3. The largest absolute Gasteiger partial charge is 0.481 e. The Morgan fingerprint density at radius 1 is 1.14 bits per heavy atom. The quantitative estimate of drug-likeness (QED) is 0.713. The molecule has 3 heterocycles. The van der Waals surface area contributed by atoms with Crippen molar-refractivity contribution < 1.29 is 19.1 Å². The van der Waals surface area contributed by atoms with E-state index in [0.717, 1.165) is 11.4 Å². The molecule has 1 aliphatic heterocycles. The maximum atomic E-state index is 13.3. The Morgan fingerprint density at radius 2 is 1.86 bits per heavy atom. The minimum absolute atomic E-state index is 0.106. The zero-order chi connectivity index (χ0) is 20.4. The molecule has 29 heavy (non-hydrogen) atoms. The number of hydrogen-bond acceptors (Lipinski definition) is 4. The number of likely N-dealkylation sites (tertiary alicyclic amines) is 1. The number of aliphatic carboxylic acids is 1. The first-order chi connectivity index (χ1) is 14.0. The standard InChI is InChI=1S/C22H23N3O4/c1-15-7-8-19(29-15)21-18(14-25(23-21)17-5-3-2-4-6-17)22(28)24-11-9-16(10-12-24)13-20(26)27/h2-8,14,16H,9-13H2,1H3,(H,26,27). The summed E-state index contributed by atoms with van der Waals surface area (Å²) in [5.74, 6) is 0.540. The van der Waals surface area contributed by atoms with Crippen molar-refractivity contribution in [3.05, 3.63) is 60.0 Å². The summed E-state index contributed by atoms with van der Waals surface area (Å²) < 4.78 is 7.44. The van der Waals surface area contributed by atoms with Crippen molar-refractivity contribution in [2.24, 2.45) is 5.92 Å². The molecule has 0 saturated carbocycles. The van der Waals surface area contributed by atoms with Gasteiger partial charge in [-0.3, -0.25) is 9.59 Å². The van der Waals surface area contributed by atoms with Crippen molar-refractivity contribution >= 4 is 11.9 Å². The molecule has 0 bridgehead atoms. The number of carboxylic acid groups (broad SMARTS) is 1. The number of hydrogen-bond donors (Lipinski definition) is 1. The molecule has 1 aliphatic rings. The minimum atomic E-state index is -0.783. The fraction of sp³-hybridized carbons (Fsp3) is 0.318. The van der Waals surface area contributed by atoms with E-state index in [-0.39, 0.29) is 18.2 Å². The summed E-state index contributed by atoms with van der Waals surface area (Å²) in [5.41, 5.74) is 1.86. The summed E-state index contributed by atoms with van der Waals surface area (Å²) >= 11 is 0. The molecule has 3 aromatic rings. The second-order valence-electron chi connectivity index (χ2n) is 7.42. The fourth-order valence-electron chi connectivity index (χ4n) is 3.74. The van der Waals surface area contributed by atoms with Gasteiger partial charge in [0.15, 0.2) is 5.76 Å². The molecule has 0 aliphatic carbocycles. The Morgan fingerprint density at radius 3 is 2.48 bits per heavy atom. The topological polar surface area (TPSA) is 88.6 Å². The molecule has 4 rings (SSSR count). The van der Waals surface area contributed by atoms with E-state index in [0.29, 0.717) is 42.9 Å². The lowest BCUT2D eigenvalue weighted by Gasteiger charge is -2.31. The van der Waals surface area contributed by atoms with Crippen LogP contribution in [-0.4, -0.2) is 44.8 Å². The first kappa shape index (κ1) is 19.0.